The van der Waals surface area contributed by atoms with E-state index in [1.165, 1.54) is 7.11 Å². The molecule has 0 saturated carbocycles. The topological polar surface area (TPSA) is 75.9 Å². The molecule has 0 aromatic carbocycles. The fraction of sp³-hybridized carbons (Fsp3) is 0.357. The number of piperazine rings is 1. The van der Waals surface area contributed by atoms with Crippen molar-refractivity contribution < 1.29 is 14.3 Å². The fourth-order valence-electron chi connectivity index (χ4n) is 2.42. The van der Waals surface area contributed by atoms with Crippen LogP contribution in [0.15, 0.2) is 30.6 Å². The third kappa shape index (κ3) is 2.59. The molecule has 2 aromatic rings. The van der Waals surface area contributed by atoms with E-state index in [0.29, 0.717) is 18.9 Å². The van der Waals surface area contributed by atoms with Crippen LogP contribution < -0.4 is 10.2 Å². The first-order valence-corrected chi connectivity index (χ1v) is 6.74. The number of rotatable bonds is 3. The van der Waals surface area contributed by atoms with Crippen LogP contribution in [-0.2, 0) is 14.3 Å². The summed E-state index contributed by atoms with van der Waals surface area (Å²) >= 11 is 0. The van der Waals surface area contributed by atoms with Gasteiger partial charge in [0, 0.05) is 19.3 Å². The van der Waals surface area contributed by atoms with E-state index < -0.39 is 12.0 Å². The van der Waals surface area contributed by atoms with E-state index in [1.54, 1.807) is 4.90 Å². The number of nitrogens with one attached hydrogen (secondary N) is 1. The summed E-state index contributed by atoms with van der Waals surface area (Å²) in [7, 11) is 1.31. The number of amides is 1. The molecule has 3 rings (SSSR count). The number of carbonyl (C=O) groups is 2. The molecule has 7 nitrogen and oxygen atoms in total. The van der Waals surface area contributed by atoms with Gasteiger partial charge in [-0.25, -0.2) is 4.98 Å². The molecule has 1 saturated heterocycles. The highest BCUT2D eigenvalue weighted by Crippen LogP contribution is 2.18. The molecule has 0 bridgehead atoms. The van der Waals surface area contributed by atoms with Crippen molar-refractivity contribution in [3.63, 3.8) is 0 Å². The maximum atomic E-state index is 12.5. The second-order valence-electron chi connectivity index (χ2n) is 4.84. The molecule has 2 aromatic heterocycles. The zero-order valence-electron chi connectivity index (χ0n) is 11.7. The van der Waals surface area contributed by atoms with Gasteiger partial charge >= 0.3 is 5.97 Å². The molecule has 3 heterocycles. The van der Waals surface area contributed by atoms with Crippen LogP contribution in [0.5, 0.6) is 0 Å². The summed E-state index contributed by atoms with van der Waals surface area (Å²) < 4.78 is 6.48. The first-order valence-electron chi connectivity index (χ1n) is 6.74. The summed E-state index contributed by atoms with van der Waals surface area (Å²) in [5, 5.41) is 3.04. The number of anilines is 1. The Morgan fingerprint density at radius 3 is 3.14 bits per heavy atom. The van der Waals surface area contributed by atoms with Crippen molar-refractivity contribution >= 4 is 23.3 Å². The van der Waals surface area contributed by atoms with E-state index >= 15 is 0 Å². The predicted octanol–water partition coefficient (Wildman–Crippen LogP) is 0.202. The normalized spacial score (nSPS) is 19.0. The van der Waals surface area contributed by atoms with Crippen molar-refractivity contribution in [1.82, 2.24) is 14.7 Å². The minimum atomic E-state index is -0.559. The number of nitrogens with zero attached hydrogens (tertiary/aromatic N) is 3. The number of pyridine rings is 1. The number of esters is 1. The van der Waals surface area contributed by atoms with Gasteiger partial charge in [-0.3, -0.25) is 14.5 Å². The van der Waals surface area contributed by atoms with Gasteiger partial charge in [-0.05, 0) is 12.1 Å². The Morgan fingerprint density at radius 2 is 2.38 bits per heavy atom. The molecule has 0 radical (unpaired) electrons. The maximum Gasteiger partial charge on any atom is 0.307 e. The number of aromatic nitrogens is 2. The molecule has 1 atom stereocenters. The number of fused-ring (bicyclic) bond motifs is 1. The van der Waals surface area contributed by atoms with E-state index in [4.69, 9.17) is 0 Å². The van der Waals surface area contributed by atoms with Crippen molar-refractivity contribution in [3.05, 3.63) is 30.6 Å². The van der Waals surface area contributed by atoms with E-state index in [0.717, 1.165) is 5.65 Å². The molecule has 7 heteroatoms. The summed E-state index contributed by atoms with van der Waals surface area (Å²) in [4.78, 5) is 29.9. The minimum Gasteiger partial charge on any atom is -0.469 e. The molecule has 110 valence electrons. The van der Waals surface area contributed by atoms with Gasteiger partial charge in [0.15, 0.2) is 5.82 Å². The number of hydrogen-bond acceptors (Lipinski definition) is 5. The second kappa shape index (κ2) is 5.53. The number of imidazole rings is 1. The zero-order chi connectivity index (χ0) is 14.8. The van der Waals surface area contributed by atoms with Crippen molar-refractivity contribution in [1.29, 1.82) is 0 Å². The van der Waals surface area contributed by atoms with Crippen LogP contribution in [0.2, 0.25) is 0 Å². The van der Waals surface area contributed by atoms with Crippen LogP contribution in [0.4, 0.5) is 5.82 Å². The summed E-state index contributed by atoms with van der Waals surface area (Å²) in [6.07, 6.45) is 3.72. The molecule has 1 unspecified atom stereocenters. The van der Waals surface area contributed by atoms with Gasteiger partial charge < -0.3 is 14.5 Å². The van der Waals surface area contributed by atoms with Crippen LogP contribution in [0.3, 0.4) is 0 Å². The molecule has 1 N–H and O–H groups in total. The van der Waals surface area contributed by atoms with Crippen LogP contribution in [0.25, 0.3) is 5.65 Å². The van der Waals surface area contributed by atoms with Crippen LogP contribution >= 0.6 is 0 Å². The fourth-order valence-corrected chi connectivity index (χ4v) is 2.42. The highest BCUT2D eigenvalue weighted by molar-refractivity contribution is 5.99. The van der Waals surface area contributed by atoms with Gasteiger partial charge in [-0.1, -0.05) is 6.07 Å². The molecule has 21 heavy (non-hydrogen) atoms. The molecular formula is C14H16N4O3. The lowest BCUT2D eigenvalue weighted by Gasteiger charge is -2.31. The summed E-state index contributed by atoms with van der Waals surface area (Å²) in [6.45, 7) is 1.14. The van der Waals surface area contributed by atoms with E-state index in [9.17, 15) is 9.59 Å². The Hall–Kier alpha value is -2.41. The first-order chi connectivity index (χ1) is 10.2. The highest BCUT2D eigenvalue weighted by Gasteiger charge is 2.32. The molecule has 1 amide bonds. The molecular weight excluding hydrogens is 272 g/mol. The van der Waals surface area contributed by atoms with Gasteiger partial charge in [0.05, 0.1) is 25.8 Å². The average Bonchev–Trinajstić information content (AvgIpc) is 2.92. The standard InChI is InChI=1S/C14H16N4O3/c1-21-13(19)8-10-14(20)18(7-5-15-10)12-9-17-6-3-2-4-11(17)16-12/h2-4,6,9-10,15H,5,7-8H2,1H3. The molecule has 0 aliphatic carbocycles. The molecule has 1 fully saturated rings. The van der Waals surface area contributed by atoms with Gasteiger partial charge in [-0.15, -0.1) is 0 Å². The summed E-state index contributed by atoms with van der Waals surface area (Å²) in [6, 6.07) is 5.11. The van der Waals surface area contributed by atoms with E-state index in [2.05, 4.69) is 15.0 Å². The van der Waals surface area contributed by atoms with E-state index in [1.807, 2.05) is 35.0 Å². The third-order valence-electron chi connectivity index (χ3n) is 3.52. The third-order valence-corrected chi connectivity index (χ3v) is 3.52. The van der Waals surface area contributed by atoms with Crippen molar-refractivity contribution in [3.8, 4) is 0 Å². The summed E-state index contributed by atoms with van der Waals surface area (Å²) in [5.41, 5.74) is 0.781. The van der Waals surface area contributed by atoms with Crippen molar-refractivity contribution in [2.75, 3.05) is 25.1 Å². The Morgan fingerprint density at radius 1 is 1.52 bits per heavy atom. The highest BCUT2D eigenvalue weighted by atomic mass is 16.5. The van der Waals surface area contributed by atoms with Gasteiger partial charge in [0.2, 0.25) is 5.91 Å². The molecule has 0 spiro atoms. The van der Waals surface area contributed by atoms with Crippen LogP contribution in [-0.4, -0.2) is 47.5 Å². The average molecular weight is 288 g/mol. The number of ether oxygens (including phenoxy) is 1. The minimum absolute atomic E-state index is 0.0270. The van der Waals surface area contributed by atoms with Gasteiger partial charge in [0.25, 0.3) is 0 Å². The quantitative estimate of drug-likeness (QED) is 0.817. The smallest absolute Gasteiger partial charge is 0.307 e. The van der Waals surface area contributed by atoms with Gasteiger partial charge in [0.1, 0.15) is 5.65 Å². The van der Waals surface area contributed by atoms with Gasteiger partial charge in [-0.2, -0.15) is 0 Å². The van der Waals surface area contributed by atoms with Crippen LogP contribution in [0, 0.1) is 0 Å². The lowest BCUT2D eigenvalue weighted by Crippen LogP contribution is -2.56. The lowest BCUT2D eigenvalue weighted by molar-refractivity contribution is -0.143. The Kier molecular flexibility index (Phi) is 3.57. The number of carbonyl (C=O) groups excluding carboxylic acids is 2. The first kappa shape index (κ1) is 13.6. The largest absolute Gasteiger partial charge is 0.469 e. The molecule has 1 aliphatic heterocycles. The number of hydrogen-bond donors (Lipinski definition) is 1. The Labute approximate surface area is 121 Å². The molecule has 1 aliphatic rings. The van der Waals surface area contributed by atoms with Crippen molar-refractivity contribution in [2.24, 2.45) is 0 Å². The Bertz CT molecular complexity index is 649. The monoisotopic (exact) mass is 288 g/mol. The zero-order valence-corrected chi connectivity index (χ0v) is 11.7. The summed E-state index contributed by atoms with van der Waals surface area (Å²) in [5.74, 6) is 0.0373. The predicted molar refractivity (Wildman–Crippen MR) is 76.0 cm³/mol. The second-order valence-corrected chi connectivity index (χ2v) is 4.84. The lowest BCUT2D eigenvalue weighted by atomic mass is 10.1. The SMILES string of the molecule is COC(=O)CC1NCCN(c2cn3ccccc3n2)C1=O. The number of methoxy groups -OCH3 is 1. The van der Waals surface area contributed by atoms with Crippen molar-refractivity contribution in [2.45, 2.75) is 12.5 Å². The van der Waals surface area contributed by atoms with Crippen LogP contribution in [0.1, 0.15) is 6.42 Å². The maximum absolute atomic E-state index is 12.5. The Balaban J connectivity index is 1.83. The van der Waals surface area contributed by atoms with E-state index in [-0.39, 0.29) is 12.3 Å².